The van der Waals surface area contributed by atoms with Gasteiger partial charge in [-0.3, -0.25) is 4.55 Å². The predicted octanol–water partition coefficient (Wildman–Crippen LogP) is -0.511. The molecule has 0 aliphatic heterocycles. The lowest BCUT2D eigenvalue weighted by Crippen LogP contribution is -2.09. The summed E-state index contributed by atoms with van der Waals surface area (Å²) < 4.78 is 41.6. The molecular weight excluding hydrogens is 168 g/mol. The predicted molar refractivity (Wildman–Crippen MR) is 31.3 cm³/mol. The van der Waals surface area contributed by atoms with Crippen LogP contribution in [0.15, 0.2) is 0 Å². The standard InChI is InChI=1S/C2H6O5S2/c1-2-9(5,6)7-8(3)4/h2H2,1H3,(H,3,4). The van der Waals surface area contributed by atoms with Crippen molar-refractivity contribution in [3.63, 3.8) is 0 Å². The van der Waals surface area contributed by atoms with Gasteiger partial charge >= 0.3 is 11.4 Å². The molecule has 0 saturated carbocycles. The average Bonchev–Trinajstić information content (AvgIpc) is 1.63. The second kappa shape index (κ2) is 3.25. The van der Waals surface area contributed by atoms with Crippen molar-refractivity contribution in [2.45, 2.75) is 6.92 Å². The summed E-state index contributed by atoms with van der Waals surface area (Å²) in [4.78, 5) is 0. The van der Waals surface area contributed by atoms with E-state index >= 15 is 0 Å². The Morgan fingerprint density at radius 2 is 2.11 bits per heavy atom. The van der Waals surface area contributed by atoms with E-state index in [0.717, 1.165) is 0 Å². The first-order chi connectivity index (χ1) is 3.98. The maximum absolute atomic E-state index is 10.2. The van der Waals surface area contributed by atoms with E-state index in [1.165, 1.54) is 6.92 Å². The fourth-order valence-electron chi connectivity index (χ4n) is 0.137. The zero-order valence-electron chi connectivity index (χ0n) is 4.60. The molecule has 1 unspecified atom stereocenters. The highest BCUT2D eigenvalue weighted by Crippen LogP contribution is 1.93. The van der Waals surface area contributed by atoms with Gasteiger partial charge in [0.1, 0.15) is 0 Å². The smallest absolute Gasteiger partial charge is 0.283 e. The SMILES string of the molecule is CCS(=O)(=O)OS(=O)O. The summed E-state index contributed by atoms with van der Waals surface area (Å²) in [6.07, 6.45) is 0. The maximum Gasteiger partial charge on any atom is 0.317 e. The zero-order valence-corrected chi connectivity index (χ0v) is 6.24. The van der Waals surface area contributed by atoms with Crippen molar-refractivity contribution in [1.29, 1.82) is 0 Å². The number of rotatable bonds is 3. The lowest BCUT2D eigenvalue weighted by Gasteiger charge is -1.93. The zero-order chi connectivity index (χ0) is 7.49. The molecule has 56 valence electrons. The third-order valence-electron chi connectivity index (χ3n) is 0.515. The molecule has 0 aromatic heterocycles. The summed E-state index contributed by atoms with van der Waals surface area (Å²) in [5.41, 5.74) is 0. The molecule has 0 spiro atoms. The Labute approximate surface area is 55.6 Å². The molecule has 0 aromatic rings. The normalized spacial score (nSPS) is 15.3. The van der Waals surface area contributed by atoms with Gasteiger partial charge in [-0.15, -0.1) is 3.63 Å². The van der Waals surface area contributed by atoms with Crippen LogP contribution in [0.25, 0.3) is 0 Å². The molecule has 0 aromatic carbocycles. The van der Waals surface area contributed by atoms with Crippen LogP contribution >= 0.6 is 0 Å². The number of hydrogen-bond donors (Lipinski definition) is 1. The van der Waals surface area contributed by atoms with Crippen LogP contribution in [0.3, 0.4) is 0 Å². The van der Waals surface area contributed by atoms with Crippen LogP contribution < -0.4 is 0 Å². The molecular formula is C2H6O5S2. The van der Waals surface area contributed by atoms with Crippen molar-refractivity contribution in [3.8, 4) is 0 Å². The van der Waals surface area contributed by atoms with Crippen molar-refractivity contribution >= 4 is 21.5 Å². The van der Waals surface area contributed by atoms with Gasteiger partial charge < -0.3 is 0 Å². The summed E-state index contributed by atoms with van der Waals surface area (Å²) in [5, 5.41) is 0. The quantitative estimate of drug-likeness (QED) is 0.583. The van der Waals surface area contributed by atoms with Crippen LogP contribution in [-0.2, 0) is 25.1 Å². The molecule has 1 atom stereocenters. The van der Waals surface area contributed by atoms with Gasteiger partial charge in [0.05, 0.1) is 5.75 Å². The average molecular weight is 174 g/mol. The minimum Gasteiger partial charge on any atom is -0.283 e. The van der Waals surface area contributed by atoms with E-state index in [9.17, 15) is 12.6 Å². The summed E-state index contributed by atoms with van der Waals surface area (Å²) in [6.45, 7) is 1.31. The molecule has 7 heteroatoms. The van der Waals surface area contributed by atoms with Crippen LogP contribution in [0.4, 0.5) is 0 Å². The van der Waals surface area contributed by atoms with Crippen LogP contribution in [-0.4, -0.2) is 22.9 Å². The van der Waals surface area contributed by atoms with Crippen molar-refractivity contribution < 1.29 is 20.8 Å². The Kier molecular flexibility index (Phi) is 3.26. The topological polar surface area (TPSA) is 80.7 Å². The van der Waals surface area contributed by atoms with Gasteiger partial charge in [0, 0.05) is 0 Å². The van der Waals surface area contributed by atoms with Crippen molar-refractivity contribution in [3.05, 3.63) is 0 Å². The summed E-state index contributed by atoms with van der Waals surface area (Å²) in [7, 11) is -3.77. The molecule has 0 saturated heterocycles. The summed E-state index contributed by atoms with van der Waals surface area (Å²) in [6, 6.07) is 0. The molecule has 0 amide bonds. The largest absolute Gasteiger partial charge is 0.317 e. The second-order valence-corrected chi connectivity index (χ2v) is 3.80. The molecule has 0 radical (unpaired) electrons. The molecule has 0 aliphatic rings. The first-order valence-electron chi connectivity index (χ1n) is 2.01. The van der Waals surface area contributed by atoms with Crippen molar-refractivity contribution in [2.24, 2.45) is 0 Å². The minimum atomic E-state index is -3.77. The van der Waals surface area contributed by atoms with E-state index in [1.54, 1.807) is 0 Å². The van der Waals surface area contributed by atoms with Gasteiger partial charge in [0.25, 0.3) is 10.1 Å². The molecule has 9 heavy (non-hydrogen) atoms. The lowest BCUT2D eigenvalue weighted by atomic mass is 11.0. The summed E-state index contributed by atoms with van der Waals surface area (Å²) in [5.74, 6) is -0.306. The van der Waals surface area contributed by atoms with Gasteiger partial charge in [0.15, 0.2) is 0 Å². The van der Waals surface area contributed by atoms with Crippen LogP contribution in [0, 0.1) is 0 Å². The third kappa shape index (κ3) is 4.52. The fourth-order valence-corrected chi connectivity index (χ4v) is 1.23. The lowest BCUT2D eigenvalue weighted by molar-refractivity contribution is 0.443. The minimum absolute atomic E-state index is 0.306. The van der Waals surface area contributed by atoms with E-state index in [0.29, 0.717) is 0 Å². The number of hydrogen-bond acceptors (Lipinski definition) is 4. The Morgan fingerprint density at radius 3 is 2.22 bits per heavy atom. The van der Waals surface area contributed by atoms with Crippen LogP contribution in [0.2, 0.25) is 0 Å². The molecule has 0 aliphatic carbocycles. The van der Waals surface area contributed by atoms with Gasteiger partial charge in [0.2, 0.25) is 0 Å². The molecule has 0 fully saturated rings. The van der Waals surface area contributed by atoms with E-state index in [4.69, 9.17) is 4.55 Å². The Morgan fingerprint density at radius 1 is 1.67 bits per heavy atom. The van der Waals surface area contributed by atoms with E-state index in [2.05, 4.69) is 3.63 Å². The van der Waals surface area contributed by atoms with Gasteiger partial charge in [-0.05, 0) is 6.92 Å². The maximum atomic E-state index is 10.2. The fraction of sp³-hybridized carbons (Fsp3) is 1.00. The molecule has 0 heterocycles. The van der Waals surface area contributed by atoms with Gasteiger partial charge in [-0.1, -0.05) is 0 Å². The van der Waals surface area contributed by atoms with E-state index in [1.807, 2.05) is 0 Å². The monoisotopic (exact) mass is 174 g/mol. The van der Waals surface area contributed by atoms with E-state index < -0.39 is 21.5 Å². The Bertz CT molecular complexity index is 191. The van der Waals surface area contributed by atoms with Gasteiger partial charge in [-0.2, -0.15) is 12.6 Å². The van der Waals surface area contributed by atoms with Gasteiger partial charge in [-0.25, -0.2) is 0 Å². The highest BCUT2D eigenvalue weighted by molar-refractivity contribution is 7.95. The van der Waals surface area contributed by atoms with Crippen LogP contribution in [0.1, 0.15) is 6.92 Å². The first-order valence-corrected chi connectivity index (χ1v) is 4.62. The Hall–Kier alpha value is 0.0200. The molecule has 1 N–H and O–H groups in total. The highest BCUT2D eigenvalue weighted by Gasteiger charge is 2.10. The second-order valence-electron chi connectivity index (χ2n) is 1.13. The highest BCUT2D eigenvalue weighted by atomic mass is 32.3. The molecule has 5 nitrogen and oxygen atoms in total. The van der Waals surface area contributed by atoms with Crippen molar-refractivity contribution in [2.75, 3.05) is 5.75 Å². The molecule has 0 rings (SSSR count). The van der Waals surface area contributed by atoms with E-state index in [-0.39, 0.29) is 5.75 Å². The first kappa shape index (κ1) is 9.02. The van der Waals surface area contributed by atoms with Crippen LogP contribution in [0.5, 0.6) is 0 Å². The van der Waals surface area contributed by atoms with Crippen molar-refractivity contribution in [1.82, 2.24) is 0 Å². The Balaban J connectivity index is 4.06. The molecule has 0 bridgehead atoms. The summed E-state index contributed by atoms with van der Waals surface area (Å²) >= 11 is -2.72. The third-order valence-corrected chi connectivity index (χ3v) is 2.52.